The van der Waals surface area contributed by atoms with Gasteiger partial charge in [0.15, 0.2) is 0 Å². The lowest BCUT2D eigenvalue weighted by Crippen LogP contribution is -2.23. The highest BCUT2D eigenvalue weighted by Crippen LogP contribution is 2.19. The fourth-order valence-corrected chi connectivity index (χ4v) is 2.24. The van der Waals surface area contributed by atoms with Gasteiger partial charge in [-0.25, -0.2) is 9.59 Å². The van der Waals surface area contributed by atoms with Crippen LogP contribution < -0.4 is 5.32 Å². The maximum absolute atomic E-state index is 12.1. The molecule has 0 aliphatic rings. The summed E-state index contributed by atoms with van der Waals surface area (Å²) < 4.78 is 9.77. The number of ether oxygens (including phenoxy) is 2. The van der Waals surface area contributed by atoms with E-state index in [-0.39, 0.29) is 35.6 Å². The van der Waals surface area contributed by atoms with Gasteiger partial charge in [-0.2, -0.15) is 0 Å². The van der Waals surface area contributed by atoms with E-state index in [1.165, 1.54) is 25.3 Å². The maximum Gasteiger partial charge on any atom is 0.337 e. The molecule has 1 rings (SSSR count). The monoisotopic (exact) mass is 379 g/mol. The van der Waals surface area contributed by atoms with E-state index in [1.807, 2.05) is 0 Å². The van der Waals surface area contributed by atoms with E-state index in [1.54, 1.807) is 20.8 Å². The van der Waals surface area contributed by atoms with Gasteiger partial charge in [0.05, 0.1) is 23.9 Å². The zero-order chi connectivity index (χ0) is 20.6. The number of aromatic carboxylic acids is 1. The van der Waals surface area contributed by atoms with Gasteiger partial charge < -0.3 is 19.9 Å². The summed E-state index contributed by atoms with van der Waals surface area (Å²) in [5.74, 6) is -2.61. The molecule has 8 heteroatoms. The molecule has 8 nitrogen and oxygen atoms in total. The number of unbranched alkanes of at least 4 members (excludes halogenated alkanes) is 1. The molecule has 2 N–H and O–H groups in total. The number of anilines is 1. The van der Waals surface area contributed by atoms with E-state index in [2.05, 4.69) is 10.1 Å². The first kappa shape index (κ1) is 22.1. The number of amides is 1. The number of rotatable bonds is 8. The molecule has 0 heterocycles. The molecule has 0 saturated heterocycles. The first-order valence-electron chi connectivity index (χ1n) is 8.51. The number of hydrogen-bond acceptors (Lipinski definition) is 6. The predicted octanol–water partition coefficient (Wildman–Crippen LogP) is 3.01. The van der Waals surface area contributed by atoms with Crippen molar-refractivity contribution in [3.63, 3.8) is 0 Å². The van der Waals surface area contributed by atoms with Gasteiger partial charge in [0, 0.05) is 12.8 Å². The Hall–Kier alpha value is -2.90. The molecular weight excluding hydrogens is 354 g/mol. The Kier molecular flexibility index (Phi) is 7.96. The van der Waals surface area contributed by atoms with Crippen LogP contribution >= 0.6 is 0 Å². The van der Waals surface area contributed by atoms with Gasteiger partial charge in [0.2, 0.25) is 5.91 Å². The minimum Gasteiger partial charge on any atom is -0.478 e. The molecular formula is C19H25NO7. The molecule has 27 heavy (non-hydrogen) atoms. The van der Waals surface area contributed by atoms with Crippen molar-refractivity contribution in [2.75, 3.05) is 12.4 Å². The van der Waals surface area contributed by atoms with E-state index >= 15 is 0 Å². The number of carboxylic acids is 1. The van der Waals surface area contributed by atoms with Crippen LogP contribution in [0.4, 0.5) is 5.69 Å². The lowest BCUT2D eigenvalue weighted by molar-refractivity contribution is -0.155. The van der Waals surface area contributed by atoms with Gasteiger partial charge in [-0.1, -0.05) is 0 Å². The lowest BCUT2D eigenvalue weighted by atomic mass is 10.1. The van der Waals surface area contributed by atoms with Crippen LogP contribution in [0.25, 0.3) is 0 Å². The number of carboxylic acid groups (broad SMARTS) is 1. The number of nitrogens with one attached hydrogen (secondary N) is 1. The number of carbonyl (C=O) groups excluding carboxylic acids is 3. The molecule has 0 radical (unpaired) electrons. The van der Waals surface area contributed by atoms with Crippen LogP contribution in [0, 0.1) is 0 Å². The Morgan fingerprint density at radius 2 is 1.70 bits per heavy atom. The third kappa shape index (κ3) is 7.89. The van der Waals surface area contributed by atoms with E-state index in [9.17, 15) is 24.3 Å². The smallest absolute Gasteiger partial charge is 0.337 e. The van der Waals surface area contributed by atoms with Gasteiger partial charge in [0.1, 0.15) is 5.60 Å². The summed E-state index contributed by atoms with van der Waals surface area (Å²) in [5, 5.41) is 11.7. The zero-order valence-corrected chi connectivity index (χ0v) is 16.0. The molecule has 0 unspecified atom stereocenters. The van der Waals surface area contributed by atoms with E-state index in [4.69, 9.17) is 4.74 Å². The van der Waals surface area contributed by atoms with Crippen molar-refractivity contribution in [1.82, 2.24) is 0 Å². The largest absolute Gasteiger partial charge is 0.478 e. The van der Waals surface area contributed by atoms with Crippen LogP contribution in [0.2, 0.25) is 0 Å². The van der Waals surface area contributed by atoms with Crippen molar-refractivity contribution in [1.29, 1.82) is 0 Å². The second kappa shape index (κ2) is 9.70. The summed E-state index contributed by atoms with van der Waals surface area (Å²) in [7, 11) is 1.20. The Morgan fingerprint density at radius 3 is 2.26 bits per heavy atom. The number of hydrogen-bond donors (Lipinski definition) is 2. The molecule has 0 fully saturated rings. The van der Waals surface area contributed by atoms with Gasteiger partial charge in [0.25, 0.3) is 0 Å². The molecule has 1 aromatic rings. The number of carbonyl (C=O) groups is 4. The Balaban J connectivity index is 2.62. The summed E-state index contributed by atoms with van der Waals surface area (Å²) in [4.78, 5) is 46.6. The second-order valence-corrected chi connectivity index (χ2v) is 6.90. The van der Waals surface area contributed by atoms with Crippen LogP contribution in [0.3, 0.4) is 0 Å². The Morgan fingerprint density at radius 1 is 1.07 bits per heavy atom. The molecule has 1 amide bonds. The van der Waals surface area contributed by atoms with Gasteiger partial charge in [-0.3, -0.25) is 9.59 Å². The molecule has 0 aliphatic heterocycles. The second-order valence-electron chi connectivity index (χ2n) is 6.90. The third-order valence-corrected chi connectivity index (χ3v) is 3.40. The molecule has 0 spiro atoms. The summed E-state index contributed by atoms with van der Waals surface area (Å²) in [6, 6.07) is 3.80. The zero-order valence-electron chi connectivity index (χ0n) is 16.0. The minimum atomic E-state index is -1.23. The number of methoxy groups -OCH3 is 1. The number of esters is 2. The normalized spacial score (nSPS) is 10.8. The van der Waals surface area contributed by atoms with Gasteiger partial charge in [-0.15, -0.1) is 0 Å². The van der Waals surface area contributed by atoms with Crippen LogP contribution in [-0.2, 0) is 19.1 Å². The van der Waals surface area contributed by atoms with Crippen LogP contribution in [-0.4, -0.2) is 41.6 Å². The summed E-state index contributed by atoms with van der Waals surface area (Å²) in [6.45, 7) is 5.34. The third-order valence-electron chi connectivity index (χ3n) is 3.40. The van der Waals surface area contributed by atoms with Crippen molar-refractivity contribution in [2.45, 2.75) is 52.1 Å². The average Bonchev–Trinajstić information content (AvgIpc) is 2.56. The Bertz CT molecular complexity index is 719. The first-order chi connectivity index (χ1) is 12.5. The molecule has 1 aromatic carbocycles. The maximum atomic E-state index is 12.1. The topological polar surface area (TPSA) is 119 Å². The van der Waals surface area contributed by atoms with Crippen molar-refractivity contribution in [2.24, 2.45) is 0 Å². The van der Waals surface area contributed by atoms with Crippen LogP contribution in [0.1, 0.15) is 67.2 Å². The molecule has 148 valence electrons. The van der Waals surface area contributed by atoms with Crippen LogP contribution in [0.5, 0.6) is 0 Å². The summed E-state index contributed by atoms with van der Waals surface area (Å²) >= 11 is 0. The molecule has 0 aliphatic carbocycles. The molecule has 0 aromatic heterocycles. The highest BCUT2D eigenvalue weighted by Gasteiger charge is 2.17. The molecule has 0 atom stereocenters. The van der Waals surface area contributed by atoms with Crippen molar-refractivity contribution >= 4 is 29.5 Å². The molecule has 0 saturated carbocycles. The van der Waals surface area contributed by atoms with Crippen molar-refractivity contribution < 1.29 is 33.8 Å². The predicted molar refractivity (Wildman–Crippen MR) is 97.7 cm³/mol. The van der Waals surface area contributed by atoms with Crippen molar-refractivity contribution in [3.8, 4) is 0 Å². The van der Waals surface area contributed by atoms with Crippen LogP contribution in [0.15, 0.2) is 18.2 Å². The first-order valence-corrected chi connectivity index (χ1v) is 8.51. The highest BCUT2D eigenvalue weighted by atomic mass is 16.6. The average molecular weight is 379 g/mol. The van der Waals surface area contributed by atoms with Gasteiger partial charge >= 0.3 is 17.9 Å². The quantitative estimate of drug-likeness (QED) is 0.526. The number of benzene rings is 1. The van der Waals surface area contributed by atoms with E-state index in [0.29, 0.717) is 12.8 Å². The lowest BCUT2D eigenvalue weighted by Gasteiger charge is -2.19. The summed E-state index contributed by atoms with van der Waals surface area (Å²) in [6.07, 6.45) is 1.20. The Labute approximate surface area is 157 Å². The minimum absolute atomic E-state index is 0.0162. The van der Waals surface area contributed by atoms with Gasteiger partial charge in [-0.05, 0) is 51.8 Å². The molecule has 0 bridgehead atoms. The fraction of sp³-hybridized carbons (Fsp3) is 0.474. The van der Waals surface area contributed by atoms with Crippen molar-refractivity contribution in [3.05, 3.63) is 29.3 Å². The van der Waals surface area contributed by atoms with E-state index in [0.717, 1.165) is 0 Å². The van der Waals surface area contributed by atoms with E-state index < -0.39 is 23.4 Å². The standard InChI is InChI=1S/C19H25NO7/c1-19(2,3)27-16(22)8-6-5-7-15(21)20-14-11-12(18(25)26-4)9-10-13(14)17(23)24/h9-11H,5-8H2,1-4H3,(H,20,21)(H,23,24). The SMILES string of the molecule is COC(=O)c1ccc(C(=O)O)c(NC(=O)CCCCC(=O)OC(C)(C)C)c1. The highest BCUT2D eigenvalue weighted by molar-refractivity contribution is 6.02. The summed E-state index contributed by atoms with van der Waals surface area (Å²) in [5.41, 5.74) is -0.540. The fourth-order valence-electron chi connectivity index (χ4n) is 2.24.